The summed E-state index contributed by atoms with van der Waals surface area (Å²) in [6.07, 6.45) is 12.7. The Morgan fingerprint density at radius 3 is 1.94 bits per heavy atom. The van der Waals surface area contributed by atoms with Crippen LogP contribution in [0.25, 0.3) is 11.1 Å². The highest BCUT2D eigenvalue weighted by Gasteiger charge is 2.29. The van der Waals surface area contributed by atoms with E-state index in [1.165, 1.54) is 57.4 Å². The molecule has 2 aromatic rings. The monoisotopic (exact) mass is 460 g/mol. The topological polar surface area (TPSA) is 0 Å². The van der Waals surface area contributed by atoms with E-state index < -0.39 is 23.3 Å². The maximum atomic E-state index is 14.8. The molecule has 4 rings (SSSR count). The molecule has 2 saturated carbocycles. The van der Waals surface area contributed by atoms with Crippen LogP contribution in [0.3, 0.4) is 0 Å². The van der Waals surface area contributed by atoms with Crippen molar-refractivity contribution in [2.45, 2.75) is 84.0 Å². The largest absolute Gasteiger partial charge is 0.206 e. The van der Waals surface area contributed by atoms with Gasteiger partial charge in [-0.3, -0.25) is 0 Å². The fourth-order valence-corrected chi connectivity index (χ4v) is 6.35. The van der Waals surface area contributed by atoms with Crippen LogP contribution in [0.1, 0.15) is 89.5 Å². The second-order valence-corrected chi connectivity index (χ2v) is 10.6. The Morgan fingerprint density at radius 2 is 1.36 bits per heavy atom. The van der Waals surface area contributed by atoms with Gasteiger partial charge < -0.3 is 0 Å². The molecule has 0 heterocycles. The van der Waals surface area contributed by atoms with E-state index in [2.05, 4.69) is 13.8 Å². The van der Waals surface area contributed by atoms with Crippen molar-refractivity contribution in [1.29, 1.82) is 0 Å². The first-order valence-electron chi connectivity index (χ1n) is 12.8. The summed E-state index contributed by atoms with van der Waals surface area (Å²) in [5.41, 5.74) is 1.06. The van der Waals surface area contributed by atoms with E-state index in [9.17, 15) is 17.6 Å². The maximum Gasteiger partial charge on any atom is 0.194 e. The first-order valence-corrected chi connectivity index (χ1v) is 12.8. The van der Waals surface area contributed by atoms with Crippen LogP contribution < -0.4 is 0 Å². The predicted molar refractivity (Wildman–Crippen MR) is 126 cm³/mol. The molecule has 0 aliphatic heterocycles. The quantitative estimate of drug-likeness (QED) is 0.297. The number of benzene rings is 2. The molecule has 33 heavy (non-hydrogen) atoms. The Bertz CT molecular complexity index is 914. The van der Waals surface area contributed by atoms with Crippen LogP contribution in [0, 0.1) is 46.9 Å². The van der Waals surface area contributed by atoms with E-state index in [0.717, 1.165) is 54.2 Å². The zero-order chi connectivity index (χ0) is 23.5. The lowest BCUT2D eigenvalue weighted by Gasteiger charge is -2.35. The van der Waals surface area contributed by atoms with Gasteiger partial charge in [0.2, 0.25) is 0 Å². The summed E-state index contributed by atoms with van der Waals surface area (Å²) in [4.78, 5) is 0. The Hall–Kier alpha value is -1.84. The van der Waals surface area contributed by atoms with E-state index in [1.807, 2.05) is 6.07 Å². The van der Waals surface area contributed by atoms with Crippen LogP contribution in [-0.4, -0.2) is 0 Å². The average molecular weight is 461 g/mol. The summed E-state index contributed by atoms with van der Waals surface area (Å²) in [6.45, 7) is 4.76. The van der Waals surface area contributed by atoms with Gasteiger partial charge in [0.1, 0.15) is 5.82 Å². The average Bonchev–Trinajstić information content (AvgIpc) is 2.82. The molecule has 2 aromatic carbocycles. The van der Waals surface area contributed by atoms with Crippen LogP contribution >= 0.6 is 0 Å². The Kier molecular flexibility index (Phi) is 7.81. The molecule has 0 amide bonds. The van der Waals surface area contributed by atoms with Gasteiger partial charge in [-0.2, -0.15) is 0 Å². The lowest BCUT2D eigenvalue weighted by atomic mass is 9.70. The lowest BCUT2D eigenvalue weighted by molar-refractivity contribution is 0.172. The molecule has 0 saturated heterocycles. The molecule has 180 valence electrons. The molecule has 2 aliphatic carbocycles. The number of rotatable bonds is 6. The third kappa shape index (κ3) is 5.63. The third-order valence-corrected chi connectivity index (χ3v) is 8.58. The summed E-state index contributed by atoms with van der Waals surface area (Å²) in [7, 11) is 0. The predicted octanol–water partition coefficient (Wildman–Crippen LogP) is 9.43. The zero-order valence-corrected chi connectivity index (χ0v) is 19.9. The Labute approximate surface area is 195 Å². The molecule has 0 spiro atoms. The molecule has 2 fully saturated rings. The molecule has 1 atom stereocenters. The molecular formula is C29H36F4. The standard InChI is InChI=1S/C29H36F4/c1-3-19-4-8-21(9-5-19)18(2)14-20-6-10-22(11-7-20)23-12-13-25(26(30)15-23)24-16-27(31)29(33)28(32)17-24/h12-13,15-22H,3-11,14H2,1-2H3. The van der Waals surface area contributed by atoms with Crippen molar-refractivity contribution < 1.29 is 17.6 Å². The minimum absolute atomic E-state index is 0.0149. The first-order chi connectivity index (χ1) is 15.9. The van der Waals surface area contributed by atoms with Crippen molar-refractivity contribution in [3.05, 3.63) is 59.2 Å². The van der Waals surface area contributed by atoms with Crippen molar-refractivity contribution in [2.24, 2.45) is 23.7 Å². The normalized spacial score (nSPS) is 26.8. The van der Waals surface area contributed by atoms with E-state index in [-0.39, 0.29) is 11.1 Å². The molecule has 0 radical (unpaired) electrons. The minimum atomic E-state index is -1.53. The van der Waals surface area contributed by atoms with Crippen LogP contribution in [-0.2, 0) is 0 Å². The van der Waals surface area contributed by atoms with Gasteiger partial charge >= 0.3 is 0 Å². The van der Waals surface area contributed by atoms with Crippen LogP contribution in [0.15, 0.2) is 30.3 Å². The van der Waals surface area contributed by atoms with Gasteiger partial charge in [-0.1, -0.05) is 45.2 Å². The van der Waals surface area contributed by atoms with Gasteiger partial charge in [0.05, 0.1) is 0 Å². The maximum absolute atomic E-state index is 14.8. The molecular weight excluding hydrogens is 424 g/mol. The fourth-order valence-electron chi connectivity index (χ4n) is 6.35. The van der Waals surface area contributed by atoms with Crippen molar-refractivity contribution >= 4 is 0 Å². The van der Waals surface area contributed by atoms with Gasteiger partial charge in [0.15, 0.2) is 17.5 Å². The van der Waals surface area contributed by atoms with E-state index in [0.29, 0.717) is 5.92 Å². The SMILES string of the molecule is CCC1CCC(C(C)CC2CCC(c3ccc(-c4cc(F)c(F)c(F)c4)c(F)c3)CC2)CC1. The van der Waals surface area contributed by atoms with E-state index in [1.54, 1.807) is 6.07 Å². The first kappa shape index (κ1) is 24.3. The Morgan fingerprint density at radius 1 is 0.758 bits per heavy atom. The van der Waals surface area contributed by atoms with Crippen molar-refractivity contribution in [2.75, 3.05) is 0 Å². The van der Waals surface area contributed by atoms with Gasteiger partial charge in [-0.15, -0.1) is 0 Å². The minimum Gasteiger partial charge on any atom is -0.206 e. The summed E-state index contributed by atoms with van der Waals surface area (Å²) in [6, 6.07) is 6.61. The second kappa shape index (κ2) is 10.6. The van der Waals surface area contributed by atoms with Gasteiger partial charge in [0.25, 0.3) is 0 Å². The zero-order valence-electron chi connectivity index (χ0n) is 19.9. The summed E-state index contributed by atoms with van der Waals surface area (Å²) >= 11 is 0. The number of halogens is 4. The van der Waals surface area contributed by atoms with Crippen molar-refractivity contribution in [3.63, 3.8) is 0 Å². The third-order valence-electron chi connectivity index (χ3n) is 8.58. The molecule has 0 bridgehead atoms. The summed E-state index contributed by atoms with van der Waals surface area (Å²) in [5, 5.41) is 0. The molecule has 0 N–H and O–H groups in total. The number of hydrogen-bond acceptors (Lipinski definition) is 0. The van der Waals surface area contributed by atoms with E-state index >= 15 is 0 Å². The van der Waals surface area contributed by atoms with Crippen molar-refractivity contribution in [1.82, 2.24) is 0 Å². The highest BCUT2D eigenvalue weighted by atomic mass is 19.2. The smallest absolute Gasteiger partial charge is 0.194 e. The highest BCUT2D eigenvalue weighted by molar-refractivity contribution is 5.65. The second-order valence-electron chi connectivity index (χ2n) is 10.6. The molecule has 2 aliphatic rings. The molecule has 0 nitrogen and oxygen atoms in total. The summed E-state index contributed by atoms with van der Waals surface area (Å²) in [5.74, 6) is -0.968. The lowest BCUT2D eigenvalue weighted by Crippen LogP contribution is -2.23. The summed E-state index contributed by atoms with van der Waals surface area (Å²) < 4.78 is 55.2. The van der Waals surface area contributed by atoms with E-state index in [4.69, 9.17) is 0 Å². The van der Waals surface area contributed by atoms with Crippen LogP contribution in [0.4, 0.5) is 17.6 Å². The van der Waals surface area contributed by atoms with Gasteiger partial charge in [-0.25, -0.2) is 17.6 Å². The molecule has 1 unspecified atom stereocenters. The fraction of sp³-hybridized carbons (Fsp3) is 0.586. The van der Waals surface area contributed by atoms with Crippen LogP contribution in [0.2, 0.25) is 0 Å². The number of hydrogen-bond donors (Lipinski definition) is 0. The Balaban J connectivity index is 1.33. The highest BCUT2D eigenvalue weighted by Crippen LogP contribution is 2.42. The molecule has 0 aromatic heterocycles. The molecule has 4 heteroatoms. The van der Waals surface area contributed by atoms with Crippen LogP contribution in [0.5, 0.6) is 0 Å². The van der Waals surface area contributed by atoms with Crippen molar-refractivity contribution in [3.8, 4) is 11.1 Å². The van der Waals surface area contributed by atoms with Gasteiger partial charge in [-0.05, 0) is 104 Å². The van der Waals surface area contributed by atoms with Gasteiger partial charge in [0, 0.05) is 5.56 Å².